The van der Waals surface area contributed by atoms with Crippen LogP contribution < -0.4 is 0 Å². The summed E-state index contributed by atoms with van der Waals surface area (Å²) < 4.78 is 10.8. The van der Waals surface area contributed by atoms with Crippen LogP contribution in [0, 0.1) is 4.91 Å². The standard InChI is InChI=1S/C22H22BrN3O5/c23-18(31-10-9-30-8-7-27)12-13-5-6-14-17(11-13)25-22(28)19(14)21-20(26-29)15-3-1-2-4-16(15)24-21/h1-6,11,18,24-25,27-28H,7-10,12H2/t18-/m1/s1. The molecule has 0 saturated carbocycles. The third-order valence-electron chi connectivity index (χ3n) is 5.02. The maximum Gasteiger partial charge on any atom is 0.199 e. The van der Waals surface area contributed by atoms with Crippen molar-refractivity contribution in [1.29, 1.82) is 0 Å². The van der Waals surface area contributed by atoms with Crippen LogP contribution >= 0.6 is 15.9 Å². The van der Waals surface area contributed by atoms with Gasteiger partial charge in [0, 0.05) is 28.2 Å². The van der Waals surface area contributed by atoms with Gasteiger partial charge in [-0.25, -0.2) is 0 Å². The van der Waals surface area contributed by atoms with Crippen LogP contribution in [0.25, 0.3) is 33.1 Å². The van der Waals surface area contributed by atoms with Gasteiger partial charge in [0.25, 0.3) is 0 Å². The zero-order chi connectivity index (χ0) is 21.8. The lowest BCUT2D eigenvalue weighted by Gasteiger charge is -2.12. The molecule has 0 spiro atoms. The van der Waals surface area contributed by atoms with Gasteiger partial charge in [0.15, 0.2) is 5.88 Å². The predicted octanol–water partition coefficient (Wildman–Crippen LogP) is 4.71. The van der Waals surface area contributed by atoms with Crippen molar-refractivity contribution in [3.05, 3.63) is 52.9 Å². The van der Waals surface area contributed by atoms with Crippen molar-refractivity contribution < 1.29 is 19.7 Å². The Hall–Kier alpha value is -2.72. The van der Waals surface area contributed by atoms with Crippen LogP contribution in [0.1, 0.15) is 5.56 Å². The molecule has 4 N–H and O–H groups in total. The third kappa shape index (κ3) is 4.49. The molecule has 0 fully saturated rings. The van der Waals surface area contributed by atoms with E-state index in [2.05, 4.69) is 31.1 Å². The highest BCUT2D eigenvalue weighted by molar-refractivity contribution is 9.09. The molecule has 2 aromatic carbocycles. The smallest absolute Gasteiger partial charge is 0.199 e. The number of aromatic nitrogens is 2. The van der Waals surface area contributed by atoms with E-state index in [9.17, 15) is 10.0 Å². The number of ether oxygens (including phenoxy) is 2. The van der Waals surface area contributed by atoms with Crippen LogP contribution in [0.3, 0.4) is 0 Å². The SMILES string of the molecule is O=Nc1c(-c2c(O)[nH]c3cc(C[C@H](Br)OCCOCCO)ccc23)[nH]c2ccccc12. The second-order valence-electron chi connectivity index (χ2n) is 7.03. The Morgan fingerprint density at radius 3 is 2.68 bits per heavy atom. The van der Waals surface area contributed by atoms with E-state index in [1.54, 1.807) is 0 Å². The first-order valence-corrected chi connectivity index (χ1v) is 10.8. The van der Waals surface area contributed by atoms with Gasteiger partial charge in [0.05, 0.1) is 37.7 Å². The largest absolute Gasteiger partial charge is 0.494 e. The molecule has 0 aliphatic carbocycles. The van der Waals surface area contributed by atoms with Crippen molar-refractivity contribution >= 4 is 43.4 Å². The van der Waals surface area contributed by atoms with Crippen molar-refractivity contribution in [2.24, 2.45) is 5.18 Å². The van der Waals surface area contributed by atoms with Crippen LogP contribution in [-0.4, -0.2) is 51.6 Å². The van der Waals surface area contributed by atoms with Crippen molar-refractivity contribution in [2.75, 3.05) is 26.4 Å². The molecule has 1 atom stereocenters. The zero-order valence-corrected chi connectivity index (χ0v) is 18.2. The molecule has 0 amide bonds. The molecule has 31 heavy (non-hydrogen) atoms. The number of hydrogen-bond donors (Lipinski definition) is 4. The number of para-hydroxylation sites is 1. The van der Waals surface area contributed by atoms with Crippen LogP contribution in [0.4, 0.5) is 5.69 Å². The van der Waals surface area contributed by atoms with Crippen LogP contribution in [0.15, 0.2) is 47.6 Å². The number of aliphatic hydroxyl groups is 1. The molecule has 0 unspecified atom stereocenters. The van der Waals surface area contributed by atoms with Crippen LogP contribution in [0.2, 0.25) is 0 Å². The molecule has 0 radical (unpaired) electrons. The maximum absolute atomic E-state index is 11.6. The molecule has 4 aromatic rings. The monoisotopic (exact) mass is 487 g/mol. The fraction of sp³-hybridized carbons (Fsp3) is 0.273. The number of alkyl halides is 1. The van der Waals surface area contributed by atoms with Gasteiger partial charge in [-0.2, -0.15) is 0 Å². The molecule has 9 heteroatoms. The van der Waals surface area contributed by atoms with E-state index in [0.29, 0.717) is 42.9 Å². The van der Waals surface area contributed by atoms with Crippen LogP contribution in [0.5, 0.6) is 5.88 Å². The fourth-order valence-electron chi connectivity index (χ4n) is 3.66. The number of aromatic hydroxyl groups is 1. The number of nitrogens with one attached hydrogen (secondary N) is 2. The average molecular weight is 488 g/mol. The normalized spacial score (nSPS) is 12.6. The highest BCUT2D eigenvalue weighted by Gasteiger charge is 2.21. The molecular formula is C22H22BrN3O5. The molecule has 2 heterocycles. The minimum atomic E-state index is -0.203. The Morgan fingerprint density at radius 1 is 1.03 bits per heavy atom. The van der Waals surface area contributed by atoms with Gasteiger partial charge in [-0.05, 0) is 22.9 Å². The van der Waals surface area contributed by atoms with Gasteiger partial charge in [0.1, 0.15) is 10.7 Å². The lowest BCUT2D eigenvalue weighted by molar-refractivity contribution is 0.0268. The molecule has 0 aliphatic heterocycles. The Bertz CT molecular complexity index is 1200. The first-order valence-electron chi connectivity index (χ1n) is 9.84. The summed E-state index contributed by atoms with van der Waals surface area (Å²) in [7, 11) is 0. The van der Waals surface area contributed by atoms with Gasteiger partial charge in [-0.1, -0.05) is 46.3 Å². The van der Waals surface area contributed by atoms with Gasteiger partial charge in [-0.3, -0.25) is 0 Å². The molecular weight excluding hydrogens is 466 g/mol. The van der Waals surface area contributed by atoms with Crippen molar-refractivity contribution in [2.45, 2.75) is 11.4 Å². The number of nitroso groups, excluding NO2 is 1. The van der Waals surface area contributed by atoms with E-state index >= 15 is 0 Å². The molecule has 162 valence electrons. The van der Waals surface area contributed by atoms with Gasteiger partial charge < -0.3 is 29.7 Å². The third-order valence-corrected chi connectivity index (χ3v) is 5.61. The van der Waals surface area contributed by atoms with E-state index in [1.165, 1.54) is 0 Å². The summed E-state index contributed by atoms with van der Waals surface area (Å²) in [6, 6.07) is 13.2. The lowest BCUT2D eigenvalue weighted by atomic mass is 10.1. The molecule has 4 rings (SSSR count). The summed E-state index contributed by atoms with van der Waals surface area (Å²) in [4.78, 5) is 17.8. The second kappa shape index (κ2) is 9.61. The topological polar surface area (TPSA) is 120 Å². The summed E-state index contributed by atoms with van der Waals surface area (Å²) in [5.74, 6) is -0.0312. The molecule has 2 aromatic heterocycles. The predicted molar refractivity (Wildman–Crippen MR) is 123 cm³/mol. The van der Waals surface area contributed by atoms with E-state index in [1.807, 2.05) is 42.5 Å². The number of rotatable bonds is 10. The molecule has 0 aliphatic rings. The first kappa shape index (κ1) is 21.5. The minimum Gasteiger partial charge on any atom is -0.494 e. The molecule has 0 bridgehead atoms. The van der Waals surface area contributed by atoms with Gasteiger partial charge in [0.2, 0.25) is 0 Å². The van der Waals surface area contributed by atoms with E-state index in [-0.39, 0.29) is 23.2 Å². The first-order chi connectivity index (χ1) is 15.1. The number of aliphatic hydroxyl groups excluding tert-OH is 1. The number of hydrogen-bond acceptors (Lipinski definition) is 6. The lowest BCUT2D eigenvalue weighted by Crippen LogP contribution is -2.13. The number of nitrogens with zero attached hydrogens (tertiary/aromatic N) is 1. The number of fused-ring (bicyclic) bond motifs is 2. The summed E-state index contributed by atoms with van der Waals surface area (Å²) in [6.07, 6.45) is 0.610. The summed E-state index contributed by atoms with van der Waals surface area (Å²) >= 11 is 3.50. The number of aromatic amines is 2. The van der Waals surface area contributed by atoms with Crippen molar-refractivity contribution in [3.8, 4) is 17.1 Å². The van der Waals surface area contributed by atoms with Crippen LogP contribution in [-0.2, 0) is 15.9 Å². The quantitative estimate of drug-likeness (QED) is 0.146. The van der Waals surface area contributed by atoms with Gasteiger partial charge in [-0.15, -0.1) is 4.91 Å². The number of halogens is 1. The Morgan fingerprint density at radius 2 is 1.87 bits per heavy atom. The van der Waals surface area contributed by atoms with Crippen molar-refractivity contribution in [1.82, 2.24) is 9.97 Å². The summed E-state index contributed by atoms with van der Waals surface area (Å²) in [6.45, 7) is 1.11. The number of H-pyrrole nitrogens is 2. The average Bonchev–Trinajstić information content (AvgIpc) is 3.29. The highest BCUT2D eigenvalue weighted by atomic mass is 79.9. The molecule has 0 saturated heterocycles. The maximum atomic E-state index is 11.6. The minimum absolute atomic E-state index is 0.00828. The Balaban J connectivity index is 1.58. The Kier molecular flexibility index (Phi) is 6.67. The number of benzene rings is 2. The van der Waals surface area contributed by atoms with E-state index in [4.69, 9.17) is 14.6 Å². The molecule has 8 nitrogen and oxygen atoms in total. The van der Waals surface area contributed by atoms with Gasteiger partial charge >= 0.3 is 0 Å². The second-order valence-corrected chi connectivity index (χ2v) is 8.06. The summed E-state index contributed by atoms with van der Waals surface area (Å²) in [5.41, 5.74) is 3.79. The summed E-state index contributed by atoms with van der Waals surface area (Å²) in [5, 5.41) is 23.8. The Labute approximate surface area is 186 Å². The van der Waals surface area contributed by atoms with Crippen molar-refractivity contribution in [3.63, 3.8) is 0 Å². The van der Waals surface area contributed by atoms with E-state index < -0.39 is 0 Å². The fourth-order valence-corrected chi connectivity index (χ4v) is 4.22. The van der Waals surface area contributed by atoms with E-state index in [0.717, 1.165) is 22.0 Å². The highest BCUT2D eigenvalue weighted by Crippen LogP contribution is 2.44. The zero-order valence-electron chi connectivity index (χ0n) is 16.6.